The number of fused-ring (bicyclic) bond motifs is 3. The van der Waals surface area contributed by atoms with Crippen LogP contribution in [0.1, 0.15) is 121 Å². The molecule has 3 aromatic heterocycles. The van der Waals surface area contributed by atoms with Gasteiger partial charge in [0, 0.05) is 35.4 Å². The van der Waals surface area contributed by atoms with Crippen molar-refractivity contribution < 1.29 is 28.4 Å². The predicted molar refractivity (Wildman–Crippen MR) is 201 cm³/mol. The Morgan fingerprint density at radius 3 is 2.26 bits per heavy atom. The Morgan fingerprint density at radius 1 is 0.925 bits per heavy atom. The molecule has 5 aromatic rings. The molecule has 280 valence electrons. The molecule has 2 amide bonds. The van der Waals surface area contributed by atoms with Crippen LogP contribution in [0.5, 0.6) is 0 Å². The summed E-state index contributed by atoms with van der Waals surface area (Å²) in [6.07, 6.45) is 1.34. The Morgan fingerprint density at radius 2 is 1.62 bits per heavy atom. The number of likely N-dealkylation sites (tertiary alicyclic amines) is 1. The number of amides is 2. The number of rotatable bonds is 5. The molecular weight excluding hydrogens is 674 g/mol. The smallest absolute Gasteiger partial charge is 0.420 e. The lowest BCUT2D eigenvalue weighted by Gasteiger charge is -2.24. The van der Waals surface area contributed by atoms with E-state index in [9.17, 15) is 14.4 Å². The van der Waals surface area contributed by atoms with Crippen molar-refractivity contribution in [1.29, 1.82) is 0 Å². The van der Waals surface area contributed by atoms with Crippen LogP contribution < -0.4 is 5.32 Å². The van der Waals surface area contributed by atoms with Gasteiger partial charge in [0.25, 0.3) is 0 Å². The maximum atomic E-state index is 13.9. The molecule has 1 unspecified atom stereocenters. The van der Waals surface area contributed by atoms with Crippen LogP contribution in [0.3, 0.4) is 0 Å². The van der Waals surface area contributed by atoms with E-state index in [0.717, 1.165) is 34.1 Å². The lowest BCUT2D eigenvalue weighted by atomic mass is 9.95. The van der Waals surface area contributed by atoms with Gasteiger partial charge in [-0.3, -0.25) is 4.79 Å². The number of nitrogens with one attached hydrogen (secondary N) is 1. The van der Waals surface area contributed by atoms with E-state index >= 15 is 0 Å². The average molecular weight is 724 g/mol. The lowest BCUT2D eigenvalue weighted by molar-refractivity contribution is 0.0292. The first-order chi connectivity index (χ1) is 24.7. The van der Waals surface area contributed by atoms with Crippen LogP contribution in [0.2, 0.25) is 0 Å². The highest BCUT2D eigenvalue weighted by Gasteiger charge is 2.32. The van der Waals surface area contributed by atoms with Gasteiger partial charge in [-0.2, -0.15) is 4.98 Å². The normalized spacial score (nSPS) is 15.9. The fraction of sp³-hybridized carbons (Fsp3) is 0.475. The highest BCUT2D eigenvalue weighted by Crippen LogP contribution is 2.38. The van der Waals surface area contributed by atoms with Crippen molar-refractivity contribution in [3.63, 3.8) is 0 Å². The van der Waals surface area contributed by atoms with Crippen molar-refractivity contribution in [3.05, 3.63) is 71.1 Å². The van der Waals surface area contributed by atoms with Crippen LogP contribution in [-0.4, -0.2) is 72.0 Å². The summed E-state index contributed by atoms with van der Waals surface area (Å²) in [4.78, 5) is 55.1. The van der Waals surface area contributed by atoms with Gasteiger partial charge in [0.05, 0.1) is 22.6 Å². The van der Waals surface area contributed by atoms with Gasteiger partial charge in [0.1, 0.15) is 17.5 Å². The highest BCUT2D eigenvalue weighted by atomic mass is 16.6. The number of carbonyl (C=O) groups excluding carboxylic acids is 3. The Labute approximate surface area is 309 Å². The average Bonchev–Trinajstić information content (AvgIpc) is 3.80. The minimum atomic E-state index is -0.746. The van der Waals surface area contributed by atoms with Gasteiger partial charge < -0.3 is 24.2 Å². The van der Waals surface area contributed by atoms with Crippen LogP contribution in [0, 0.1) is 6.92 Å². The first kappa shape index (κ1) is 37.4. The number of hydrogen-bond acceptors (Lipinski definition) is 10. The van der Waals surface area contributed by atoms with E-state index in [4.69, 9.17) is 19.0 Å². The molecule has 1 saturated heterocycles. The van der Waals surface area contributed by atoms with E-state index in [1.54, 1.807) is 4.90 Å². The summed E-state index contributed by atoms with van der Waals surface area (Å²) in [5, 5.41) is 8.44. The van der Waals surface area contributed by atoms with E-state index in [1.165, 1.54) is 10.9 Å². The number of hydrogen-bond donors (Lipinski definition) is 1. The zero-order valence-electron chi connectivity index (χ0n) is 32.5. The summed E-state index contributed by atoms with van der Waals surface area (Å²) in [7, 11) is 0. The van der Waals surface area contributed by atoms with Crippen molar-refractivity contribution >= 4 is 40.0 Å². The van der Waals surface area contributed by atoms with Gasteiger partial charge in [-0.15, -0.1) is 0 Å². The topological polar surface area (TPSA) is 155 Å². The van der Waals surface area contributed by atoms with Crippen molar-refractivity contribution in [3.8, 4) is 11.3 Å². The van der Waals surface area contributed by atoms with Gasteiger partial charge >= 0.3 is 24.0 Å². The number of ether oxygens (including phenoxy) is 2. The van der Waals surface area contributed by atoms with Gasteiger partial charge in [-0.25, -0.2) is 24.1 Å². The number of aryl methyl sites for hydroxylation is 1. The molecule has 1 fully saturated rings. The Bertz CT molecular complexity index is 2220. The summed E-state index contributed by atoms with van der Waals surface area (Å²) in [5.74, 6) is -0.0246. The fourth-order valence-electron chi connectivity index (χ4n) is 6.61. The predicted octanol–water partition coefficient (Wildman–Crippen LogP) is 8.24. The Balaban J connectivity index is 1.35. The quantitative estimate of drug-likeness (QED) is 0.187. The highest BCUT2D eigenvalue weighted by molar-refractivity contribution is 6.16. The third-order valence-corrected chi connectivity index (χ3v) is 9.11. The molecule has 0 aliphatic carbocycles. The summed E-state index contributed by atoms with van der Waals surface area (Å²) in [5.41, 5.74) is 3.69. The van der Waals surface area contributed by atoms with Gasteiger partial charge in [0.2, 0.25) is 0 Å². The molecule has 6 rings (SSSR count). The molecule has 0 bridgehead atoms. The first-order valence-corrected chi connectivity index (χ1v) is 18.0. The summed E-state index contributed by atoms with van der Waals surface area (Å²) in [6, 6.07) is 11.6. The molecule has 0 spiro atoms. The molecule has 1 aliphatic heterocycles. The van der Waals surface area contributed by atoms with Crippen LogP contribution in [0.4, 0.5) is 9.59 Å². The molecule has 0 radical (unpaired) electrons. The minimum absolute atomic E-state index is 0.0561. The largest absolute Gasteiger partial charge is 0.444 e. The maximum absolute atomic E-state index is 13.9. The SMILES string of the molecule is Cc1cc(-c2ncnc3c2c2ccc(C4CCN(C(=O)OC(C)(C)C)C4)cc2n3C(=O)OC(C)(C)C)ccc1[C@@H](C)NC(=O)c1nc(C(C)(C)C)no1. The molecule has 1 aliphatic rings. The molecule has 13 nitrogen and oxygen atoms in total. The van der Waals surface area contributed by atoms with Crippen molar-refractivity contribution in [2.45, 2.75) is 111 Å². The van der Waals surface area contributed by atoms with Crippen molar-refractivity contribution in [1.82, 2.24) is 34.9 Å². The monoisotopic (exact) mass is 723 g/mol. The van der Waals surface area contributed by atoms with Gasteiger partial charge in [-0.1, -0.05) is 50.2 Å². The zero-order chi connectivity index (χ0) is 38.6. The number of nitrogens with zero attached hydrogens (tertiary/aromatic N) is 6. The third-order valence-electron chi connectivity index (χ3n) is 9.11. The Hall–Kier alpha value is -5.33. The maximum Gasteiger partial charge on any atom is 0.420 e. The van der Waals surface area contributed by atoms with Crippen molar-refractivity contribution in [2.75, 3.05) is 13.1 Å². The first-order valence-electron chi connectivity index (χ1n) is 18.0. The second-order valence-electron chi connectivity index (χ2n) is 16.9. The Kier molecular flexibility index (Phi) is 9.59. The van der Waals surface area contributed by atoms with Gasteiger partial charge in [0.15, 0.2) is 11.5 Å². The van der Waals surface area contributed by atoms with Gasteiger partial charge in [-0.05, 0) is 90.6 Å². The van der Waals surface area contributed by atoms with Crippen LogP contribution in [0.15, 0.2) is 47.2 Å². The molecule has 0 saturated carbocycles. The molecule has 2 aromatic carbocycles. The van der Waals surface area contributed by atoms with E-state index < -0.39 is 23.2 Å². The lowest BCUT2D eigenvalue weighted by Crippen LogP contribution is -2.35. The van der Waals surface area contributed by atoms with Crippen molar-refractivity contribution in [2.24, 2.45) is 0 Å². The molecule has 2 atom stereocenters. The van der Waals surface area contributed by atoms with Crippen LogP contribution in [0.25, 0.3) is 33.2 Å². The summed E-state index contributed by atoms with van der Waals surface area (Å²) in [6.45, 7) is 21.9. The van der Waals surface area contributed by atoms with E-state index in [0.29, 0.717) is 41.2 Å². The van der Waals surface area contributed by atoms with E-state index in [1.807, 2.05) is 113 Å². The fourth-order valence-corrected chi connectivity index (χ4v) is 6.61. The molecular formula is C40H49N7O6. The number of carbonyl (C=O) groups is 3. The second kappa shape index (κ2) is 13.6. The molecule has 53 heavy (non-hydrogen) atoms. The second-order valence-corrected chi connectivity index (χ2v) is 16.9. The standard InChI is InChI=1S/C40H49N7O6/c1-22-18-25(13-14-27(22)23(2)43-33(48)34-44-35(45-53-34)38(3,4)5)31-30-28-15-12-24(26-16-17-46(20-26)36(49)51-39(6,7)8)19-29(28)47(32(30)42-21-41-31)37(50)52-40(9,10)11/h12-15,18-19,21,23,26H,16-17,20H2,1-11H3,(H,43,48)/t23-,26?/m1/s1. The van der Waals surface area contributed by atoms with Crippen LogP contribution >= 0.6 is 0 Å². The minimum Gasteiger partial charge on any atom is -0.444 e. The molecule has 1 N–H and O–H groups in total. The third kappa shape index (κ3) is 7.89. The number of aromatic nitrogens is 5. The molecule has 13 heteroatoms. The van der Waals surface area contributed by atoms with Crippen LogP contribution in [-0.2, 0) is 14.9 Å². The van der Waals surface area contributed by atoms with E-state index in [-0.39, 0.29) is 29.4 Å². The summed E-state index contributed by atoms with van der Waals surface area (Å²) < 4.78 is 18.3. The summed E-state index contributed by atoms with van der Waals surface area (Å²) >= 11 is 0. The van der Waals surface area contributed by atoms with E-state index in [2.05, 4.69) is 20.4 Å². The molecule has 4 heterocycles. The number of benzene rings is 2. The zero-order valence-corrected chi connectivity index (χ0v) is 32.5.